The van der Waals surface area contributed by atoms with E-state index in [0.29, 0.717) is 38.2 Å². The van der Waals surface area contributed by atoms with Gasteiger partial charge in [0.1, 0.15) is 11.6 Å². The van der Waals surface area contributed by atoms with Crippen molar-refractivity contribution in [2.24, 2.45) is 0 Å². The zero-order chi connectivity index (χ0) is 26.9. The Morgan fingerprint density at radius 2 is 1.54 bits per heavy atom. The molecule has 3 aromatic carbocycles. The number of benzene rings is 3. The first-order valence-corrected chi connectivity index (χ1v) is 13.9. The monoisotopic (exact) mass is 580 g/mol. The Morgan fingerprint density at radius 1 is 0.846 bits per heavy atom. The van der Waals surface area contributed by atoms with Crippen molar-refractivity contribution in [3.63, 3.8) is 0 Å². The van der Waals surface area contributed by atoms with E-state index in [4.69, 9.17) is 15.1 Å². The van der Waals surface area contributed by atoms with Crippen LogP contribution in [0.4, 0.5) is 5.82 Å². The maximum Gasteiger partial charge on any atom is 0.255 e. The van der Waals surface area contributed by atoms with Crippen molar-refractivity contribution in [2.45, 2.75) is 20.3 Å². The normalized spacial score (nSPS) is 13.7. The number of hydrogen-bond acceptors (Lipinski definition) is 5. The Kier molecular flexibility index (Phi) is 6.87. The van der Waals surface area contributed by atoms with Gasteiger partial charge in [-0.05, 0) is 59.6 Å². The molecule has 39 heavy (non-hydrogen) atoms. The number of aromatic nitrogens is 4. The predicted molar refractivity (Wildman–Crippen MR) is 158 cm³/mol. The van der Waals surface area contributed by atoms with E-state index in [9.17, 15) is 4.79 Å². The Bertz CT molecular complexity index is 1640. The molecule has 0 spiro atoms. The van der Waals surface area contributed by atoms with Crippen molar-refractivity contribution in [3.8, 4) is 5.69 Å². The van der Waals surface area contributed by atoms with E-state index in [1.165, 1.54) is 5.56 Å². The quantitative estimate of drug-likeness (QED) is 0.265. The van der Waals surface area contributed by atoms with Gasteiger partial charge in [0, 0.05) is 37.1 Å². The number of fused-ring (bicyclic) bond motifs is 1. The van der Waals surface area contributed by atoms with Crippen LogP contribution in [-0.2, 0) is 6.42 Å². The molecule has 1 aliphatic rings. The van der Waals surface area contributed by atoms with Gasteiger partial charge in [-0.25, -0.2) is 14.6 Å². The number of hydrogen-bond donors (Lipinski definition) is 0. The SMILES string of the molecule is Cc1ccc(Cc2nc(N3CCN(C(=O)c4ccccc4Br)CC3)c3c(C)nn(-c4ccccc4)c3n2)cc1. The summed E-state index contributed by atoms with van der Waals surface area (Å²) in [5.41, 5.74) is 5.73. The van der Waals surface area contributed by atoms with Crippen LogP contribution in [0.25, 0.3) is 16.7 Å². The molecule has 1 aliphatic heterocycles. The number of nitrogens with zero attached hydrogens (tertiary/aromatic N) is 6. The van der Waals surface area contributed by atoms with Gasteiger partial charge in [0.05, 0.1) is 22.3 Å². The third kappa shape index (κ3) is 5.04. The minimum Gasteiger partial charge on any atom is -0.352 e. The van der Waals surface area contributed by atoms with E-state index in [1.54, 1.807) is 0 Å². The fourth-order valence-corrected chi connectivity index (χ4v) is 5.53. The van der Waals surface area contributed by atoms with E-state index in [-0.39, 0.29) is 5.91 Å². The summed E-state index contributed by atoms with van der Waals surface area (Å²) in [6, 6.07) is 26.2. The molecule has 0 radical (unpaired) electrons. The molecule has 1 saturated heterocycles. The minimum absolute atomic E-state index is 0.0445. The number of carbonyl (C=O) groups excluding carboxylic acids is 1. The van der Waals surface area contributed by atoms with Gasteiger partial charge in [-0.15, -0.1) is 0 Å². The number of amides is 1. The number of aryl methyl sites for hydroxylation is 2. The first-order valence-electron chi connectivity index (χ1n) is 13.1. The summed E-state index contributed by atoms with van der Waals surface area (Å²) in [5, 5.41) is 5.84. The molecule has 0 atom stereocenters. The Balaban J connectivity index is 1.36. The van der Waals surface area contributed by atoms with E-state index >= 15 is 0 Å². The summed E-state index contributed by atoms with van der Waals surface area (Å²) < 4.78 is 2.74. The van der Waals surface area contributed by atoms with Gasteiger partial charge < -0.3 is 9.80 Å². The number of halogens is 1. The van der Waals surface area contributed by atoms with Crippen LogP contribution in [0, 0.1) is 13.8 Å². The summed E-state index contributed by atoms with van der Waals surface area (Å²) in [5.74, 6) is 1.68. The molecule has 2 aromatic heterocycles. The maximum absolute atomic E-state index is 13.2. The fourth-order valence-electron chi connectivity index (χ4n) is 5.08. The van der Waals surface area contributed by atoms with Crippen LogP contribution in [-0.4, -0.2) is 56.7 Å². The van der Waals surface area contributed by atoms with E-state index in [1.807, 2.05) is 71.1 Å². The number of anilines is 1. The second-order valence-corrected chi connectivity index (χ2v) is 10.8. The maximum atomic E-state index is 13.2. The third-order valence-electron chi connectivity index (χ3n) is 7.18. The molecular formula is C31H29BrN6O. The first kappa shape index (κ1) is 25.2. The molecular weight excluding hydrogens is 552 g/mol. The van der Waals surface area contributed by atoms with Crippen LogP contribution in [0.3, 0.4) is 0 Å². The molecule has 7 nitrogen and oxygen atoms in total. The molecule has 0 saturated carbocycles. The molecule has 1 fully saturated rings. The molecule has 0 aliphatic carbocycles. The third-order valence-corrected chi connectivity index (χ3v) is 7.88. The van der Waals surface area contributed by atoms with Crippen LogP contribution < -0.4 is 4.90 Å². The second kappa shape index (κ2) is 10.6. The van der Waals surface area contributed by atoms with E-state index < -0.39 is 0 Å². The molecule has 8 heteroatoms. The van der Waals surface area contributed by atoms with Crippen LogP contribution in [0.2, 0.25) is 0 Å². The van der Waals surface area contributed by atoms with Crippen LogP contribution >= 0.6 is 15.9 Å². The standard InChI is InChI=1S/C31H29BrN6O/c1-21-12-14-23(15-13-21)20-27-33-29(28-22(2)35-38(30(28)34-27)24-8-4-3-5-9-24)36-16-18-37(19-17-36)31(39)25-10-6-7-11-26(25)32/h3-15H,16-20H2,1-2H3. The van der Waals surface area contributed by atoms with Crippen molar-refractivity contribution in [3.05, 3.63) is 112 Å². The van der Waals surface area contributed by atoms with Gasteiger partial charge >= 0.3 is 0 Å². The average molecular weight is 582 g/mol. The summed E-state index contributed by atoms with van der Waals surface area (Å²) in [4.78, 5) is 27.5. The second-order valence-electron chi connectivity index (χ2n) is 9.92. The molecule has 3 heterocycles. The summed E-state index contributed by atoms with van der Waals surface area (Å²) in [6.07, 6.45) is 0.628. The van der Waals surface area contributed by atoms with Crippen molar-refractivity contribution in [2.75, 3.05) is 31.1 Å². The minimum atomic E-state index is 0.0445. The molecule has 1 amide bonds. The highest BCUT2D eigenvalue weighted by Crippen LogP contribution is 2.30. The van der Waals surface area contributed by atoms with Gasteiger partial charge in [0.15, 0.2) is 5.65 Å². The smallest absolute Gasteiger partial charge is 0.255 e. The average Bonchev–Trinajstić information content (AvgIpc) is 3.30. The van der Waals surface area contributed by atoms with Crippen molar-refractivity contribution in [1.29, 1.82) is 0 Å². The Labute approximate surface area is 236 Å². The number of rotatable bonds is 5. The lowest BCUT2D eigenvalue weighted by Gasteiger charge is -2.36. The van der Waals surface area contributed by atoms with Crippen LogP contribution in [0.15, 0.2) is 83.3 Å². The van der Waals surface area contributed by atoms with Crippen molar-refractivity contribution >= 4 is 38.7 Å². The van der Waals surface area contributed by atoms with Crippen LogP contribution in [0.1, 0.15) is 33.0 Å². The number of carbonyl (C=O) groups is 1. The Morgan fingerprint density at radius 3 is 2.26 bits per heavy atom. The fraction of sp³-hybridized carbons (Fsp3) is 0.226. The molecule has 0 unspecified atom stereocenters. The van der Waals surface area contributed by atoms with E-state index in [2.05, 4.69) is 52.0 Å². The number of piperazine rings is 1. The highest BCUT2D eigenvalue weighted by molar-refractivity contribution is 9.10. The van der Waals surface area contributed by atoms with Crippen molar-refractivity contribution in [1.82, 2.24) is 24.6 Å². The van der Waals surface area contributed by atoms with Gasteiger partial charge in [-0.1, -0.05) is 60.2 Å². The molecule has 0 N–H and O–H groups in total. The van der Waals surface area contributed by atoms with Gasteiger partial charge in [0.25, 0.3) is 5.91 Å². The van der Waals surface area contributed by atoms with E-state index in [0.717, 1.165) is 44.1 Å². The topological polar surface area (TPSA) is 67.2 Å². The highest BCUT2D eigenvalue weighted by Gasteiger charge is 2.27. The summed E-state index contributed by atoms with van der Waals surface area (Å²) in [6.45, 7) is 6.70. The van der Waals surface area contributed by atoms with Crippen LogP contribution in [0.5, 0.6) is 0 Å². The highest BCUT2D eigenvalue weighted by atomic mass is 79.9. The zero-order valence-electron chi connectivity index (χ0n) is 22.0. The lowest BCUT2D eigenvalue weighted by molar-refractivity contribution is 0.0745. The summed E-state index contributed by atoms with van der Waals surface area (Å²) >= 11 is 3.52. The van der Waals surface area contributed by atoms with Gasteiger partial charge in [-0.2, -0.15) is 5.10 Å². The Hall–Kier alpha value is -4.04. The molecule has 5 aromatic rings. The summed E-state index contributed by atoms with van der Waals surface area (Å²) in [7, 11) is 0. The molecule has 196 valence electrons. The lowest BCUT2D eigenvalue weighted by Crippen LogP contribution is -2.49. The number of para-hydroxylation sites is 1. The largest absolute Gasteiger partial charge is 0.352 e. The zero-order valence-corrected chi connectivity index (χ0v) is 23.6. The van der Waals surface area contributed by atoms with Gasteiger partial charge in [-0.3, -0.25) is 4.79 Å². The molecule has 0 bridgehead atoms. The molecule has 6 rings (SSSR count). The lowest BCUT2D eigenvalue weighted by atomic mass is 10.1. The van der Waals surface area contributed by atoms with Crippen molar-refractivity contribution < 1.29 is 4.79 Å². The predicted octanol–water partition coefficient (Wildman–Crippen LogP) is 5.75. The first-order chi connectivity index (χ1) is 19.0. The van der Waals surface area contributed by atoms with Gasteiger partial charge in [0.2, 0.25) is 0 Å².